The van der Waals surface area contributed by atoms with Crippen LogP contribution in [0.2, 0.25) is 0 Å². The van der Waals surface area contributed by atoms with E-state index in [9.17, 15) is 4.79 Å². The Morgan fingerprint density at radius 2 is 2.00 bits per heavy atom. The summed E-state index contributed by atoms with van der Waals surface area (Å²) in [6.45, 7) is 6.67. The first-order valence-corrected chi connectivity index (χ1v) is 6.65. The van der Waals surface area contributed by atoms with Crippen molar-refractivity contribution < 1.29 is 4.79 Å². The van der Waals surface area contributed by atoms with Crippen LogP contribution >= 0.6 is 0 Å². The van der Waals surface area contributed by atoms with Gasteiger partial charge in [-0.05, 0) is 50.1 Å². The summed E-state index contributed by atoms with van der Waals surface area (Å²) in [5.74, 6) is 2.42. The Kier molecular flexibility index (Phi) is 3.85. The van der Waals surface area contributed by atoms with Gasteiger partial charge in [0.25, 0.3) is 0 Å². The summed E-state index contributed by atoms with van der Waals surface area (Å²) in [6.07, 6.45) is 4.31. The Morgan fingerprint density at radius 3 is 2.56 bits per heavy atom. The van der Waals surface area contributed by atoms with E-state index < -0.39 is 0 Å². The Hall–Kier alpha value is -0.570. The van der Waals surface area contributed by atoms with Crippen LogP contribution in [0.4, 0.5) is 0 Å². The first kappa shape index (κ1) is 11.9. The minimum Gasteiger partial charge on any atom is -0.353 e. The molecule has 92 valence electrons. The van der Waals surface area contributed by atoms with E-state index in [0.29, 0.717) is 18.4 Å². The third-order valence-corrected chi connectivity index (χ3v) is 4.30. The lowest BCUT2D eigenvalue weighted by molar-refractivity contribution is -0.123. The molecule has 16 heavy (non-hydrogen) atoms. The highest BCUT2D eigenvalue weighted by Crippen LogP contribution is 2.29. The van der Waals surface area contributed by atoms with E-state index in [0.717, 1.165) is 31.3 Å². The first-order chi connectivity index (χ1) is 7.65. The molecule has 0 spiro atoms. The number of rotatable bonds is 3. The van der Waals surface area contributed by atoms with Crippen LogP contribution in [-0.4, -0.2) is 25.0 Å². The molecular formula is C13H24N2O. The van der Waals surface area contributed by atoms with E-state index in [1.54, 1.807) is 0 Å². The lowest BCUT2D eigenvalue weighted by Crippen LogP contribution is -2.46. The number of amides is 1. The predicted octanol–water partition coefficient (Wildman–Crippen LogP) is 1.54. The van der Waals surface area contributed by atoms with Gasteiger partial charge in [-0.2, -0.15) is 0 Å². The second-order valence-electron chi connectivity index (χ2n) is 5.76. The predicted molar refractivity (Wildman–Crippen MR) is 65.1 cm³/mol. The van der Waals surface area contributed by atoms with Crippen LogP contribution in [0.1, 0.15) is 39.5 Å². The fourth-order valence-electron chi connectivity index (χ4n) is 2.72. The smallest absolute Gasteiger partial charge is 0.220 e. The molecule has 3 heteroatoms. The highest BCUT2D eigenvalue weighted by molar-refractivity contribution is 5.76. The van der Waals surface area contributed by atoms with Gasteiger partial charge >= 0.3 is 0 Å². The topological polar surface area (TPSA) is 41.1 Å². The Bertz CT molecular complexity index is 250. The van der Waals surface area contributed by atoms with Gasteiger partial charge in [-0.3, -0.25) is 4.79 Å². The van der Waals surface area contributed by atoms with Crippen LogP contribution in [-0.2, 0) is 4.79 Å². The molecule has 0 aromatic heterocycles. The van der Waals surface area contributed by atoms with Gasteiger partial charge in [0.1, 0.15) is 0 Å². The van der Waals surface area contributed by atoms with Crippen molar-refractivity contribution in [1.29, 1.82) is 0 Å². The molecule has 0 aromatic rings. The van der Waals surface area contributed by atoms with Gasteiger partial charge in [-0.1, -0.05) is 13.8 Å². The summed E-state index contributed by atoms with van der Waals surface area (Å²) < 4.78 is 0. The van der Waals surface area contributed by atoms with Crippen molar-refractivity contribution >= 4 is 5.91 Å². The van der Waals surface area contributed by atoms with Gasteiger partial charge in [0, 0.05) is 12.5 Å². The van der Waals surface area contributed by atoms with Crippen LogP contribution in [0.3, 0.4) is 0 Å². The number of hydrogen-bond acceptors (Lipinski definition) is 2. The Labute approximate surface area is 98.4 Å². The number of nitrogens with one attached hydrogen (secondary N) is 2. The molecule has 1 saturated heterocycles. The van der Waals surface area contributed by atoms with Gasteiger partial charge < -0.3 is 10.6 Å². The summed E-state index contributed by atoms with van der Waals surface area (Å²) in [7, 11) is 0. The van der Waals surface area contributed by atoms with E-state index >= 15 is 0 Å². The van der Waals surface area contributed by atoms with Gasteiger partial charge in [-0.15, -0.1) is 0 Å². The molecule has 2 fully saturated rings. The van der Waals surface area contributed by atoms with Crippen molar-refractivity contribution in [1.82, 2.24) is 10.6 Å². The van der Waals surface area contributed by atoms with Crippen molar-refractivity contribution in [3.63, 3.8) is 0 Å². The quantitative estimate of drug-likeness (QED) is 0.763. The molecule has 2 rings (SSSR count). The van der Waals surface area contributed by atoms with Gasteiger partial charge in [0.05, 0.1) is 0 Å². The zero-order chi connectivity index (χ0) is 11.5. The van der Waals surface area contributed by atoms with Gasteiger partial charge in [0.2, 0.25) is 5.91 Å². The first-order valence-electron chi connectivity index (χ1n) is 6.65. The zero-order valence-electron chi connectivity index (χ0n) is 10.5. The molecule has 1 heterocycles. The molecular weight excluding hydrogens is 200 g/mol. The van der Waals surface area contributed by atoms with Crippen molar-refractivity contribution in [2.24, 2.45) is 17.8 Å². The molecule has 1 saturated carbocycles. The summed E-state index contributed by atoms with van der Waals surface area (Å²) in [5.41, 5.74) is 0. The van der Waals surface area contributed by atoms with Crippen molar-refractivity contribution in [2.75, 3.05) is 13.1 Å². The fourth-order valence-corrected chi connectivity index (χ4v) is 2.72. The molecule has 2 N–H and O–H groups in total. The molecule has 0 bridgehead atoms. The average Bonchev–Trinajstić information content (AvgIpc) is 2.18. The number of carbonyl (C=O) groups is 1. The lowest BCUT2D eigenvalue weighted by atomic mass is 9.79. The van der Waals surface area contributed by atoms with Gasteiger partial charge in [-0.25, -0.2) is 0 Å². The Morgan fingerprint density at radius 1 is 1.25 bits per heavy atom. The maximum absolute atomic E-state index is 11.8. The zero-order valence-corrected chi connectivity index (χ0v) is 10.5. The minimum atomic E-state index is 0.262. The van der Waals surface area contributed by atoms with Crippen molar-refractivity contribution in [2.45, 2.75) is 45.6 Å². The summed E-state index contributed by atoms with van der Waals surface area (Å²) in [6, 6.07) is 0.437. The molecule has 2 aliphatic rings. The van der Waals surface area contributed by atoms with E-state index in [2.05, 4.69) is 24.5 Å². The fraction of sp³-hybridized carbons (Fsp3) is 0.923. The second-order valence-corrected chi connectivity index (χ2v) is 5.76. The van der Waals surface area contributed by atoms with Crippen LogP contribution in [0, 0.1) is 17.8 Å². The highest BCUT2D eigenvalue weighted by atomic mass is 16.1. The highest BCUT2D eigenvalue weighted by Gasteiger charge is 2.27. The Balaban J connectivity index is 1.70. The second kappa shape index (κ2) is 5.17. The molecule has 1 aliphatic carbocycles. The lowest BCUT2D eigenvalue weighted by Gasteiger charge is -2.33. The van der Waals surface area contributed by atoms with E-state index in [1.165, 1.54) is 12.8 Å². The summed E-state index contributed by atoms with van der Waals surface area (Å²) in [5, 5.41) is 6.41. The SMILES string of the molecule is CC1CCC(NC(=O)CC2CNC2)CC1C. The summed E-state index contributed by atoms with van der Waals surface area (Å²) >= 11 is 0. The molecule has 0 aromatic carbocycles. The van der Waals surface area contributed by atoms with Crippen LogP contribution in [0.15, 0.2) is 0 Å². The molecule has 1 aliphatic heterocycles. The van der Waals surface area contributed by atoms with Crippen LogP contribution in [0.5, 0.6) is 0 Å². The van der Waals surface area contributed by atoms with E-state index in [1.807, 2.05) is 0 Å². The normalized spacial score (nSPS) is 35.5. The van der Waals surface area contributed by atoms with E-state index in [4.69, 9.17) is 0 Å². The van der Waals surface area contributed by atoms with E-state index in [-0.39, 0.29) is 5.91 Å². The molecule has 1 amide bonds. The molecule has 3 nitrogen and oxygen atoms in total. The van der Waals surface area contributed by atoms with Crippen LogP contribution in [0.25, 0.3) is 0 Å². The standard InChI is InChI=1S/C13H24N2O/c1-9-3-4-12(5-10(9)2)15-13(16)6-11-7-14-8-11/h9-12,14H,3-8H2,1-2H3,(H,15,16). The summed E-state index contributed by atoms with van der Waals surface area (Å²) in [4.78, 5) is 11.8. The minimum absolute atomic E-state index is 0.262. The maximum atomic E-state index is 11.8. The number of hydrogen-bond donors (Lipinski definition) is 2. The monoisotopic (exact) mass is 224 g/mol. The third-order valence-electron chi connectivity index (χ3n) is 4.30. The van der Waals surface area contributed by atoms with Gasteiger partial charge in [0.15, 0.2) is 0 Å². The van der Waals surface area contributed by atoms with Crippen LogP contribution < -0.4 is 10.6 Å². The maximum Gasteiger partial charge on any atom is 0.220 e. The largest absolute Gasteiger partial charge is 0.353 e. The molecule has 3 atom stereocenters. The molecule has 3 unspecified atom stereocenters. The third kappa shape index (κ3) is 2.97. The van der Waals surface area contributed by atoms with Crippen molar-refractivity contribution in [3.8, 4) is 0 Å². The van der Waals surface area contributed by atoms with Crippen molar-refractivity contribution in [3.05, 3.63) is 0 Å². The number of carbonyl (C=O) groups excluding carboxylic acids is 1. The molecule has 0 radical (unpaired) electrons. The average molecular weight is 224 g/mol.